The summed E-state index contributed by atoms with van der Waals surface area (Å²) in [6, 6.07) is 4.06. The standard InChI is InChI=1S/C18H26BrNO3/c1-12-9-15(10-13(2)16(12)19)22-14-7-6-8-20(11-14)17(21)23-18(3,4)5/h9-10,14H,6-8,11H2,1-5H3. The lowest BCUT2D eigenvalue weighted by Gasteiger charge is -2.34. The molecule has 0 saturated carbocycles. The molecule has 1 fully saturated rings. The van der Waals surface area contributed by atoms with Crippen molar-refractivity contribution in [1.82, 2.24) is 4.90 Å². The Hall–Kier alpha value is -1.23. The minimum Gasteiger partial charge on any atom is -0.489 e. The van der Waals surface area contributed by atoms with E-state index in [0.717, 1.165) is 40.7 Å². The van der Waals surface area contributed by atoms with Crippen LogP contribution in [0, 0.1) is 13.8 Å². The van der Waals surface area contributed by atoms with Crippen molar-refractivity contribution in [2.45, 2.75) is 59.2 Å². The number of carbonyl (C=O) groups excluding carboxylic acids is 1. The molecule has 0 N–H and O–H groups in total. The van der Waals surface area contributed by atoms with Gasteiger partial charge in [0.25, 0.3) is 0 Å². The van der Waals surface area contributed by atoms with E-state index in [1.54, 1.807) is 4.90 Å². The Bertz CT molecular complexity index is 557. The van der Waals surface area contributed by atoms with Gasteiger partial charge in [-0.15, -0.1) is 0 Å². The number of amides is 1. The summed E-state index contributed by atoms with van der Waals surface area (Å²) in [6.45, 7) is 11.1. The van der Waals surface area contributed by atoms with Crippen molar-refractivity contribution in [3.63, 3.8) is 0 Å². The van der Waals surface area contributed by atoms with Gasteiger partial charge in [0.15, 0.2) is 0 Å². The molecule has 1 heterocycles. The number of halogens is 1. The summed E-state index contributed by atoms with van der Waals surface area (Å²) in [5, 5.41) is 0. The van der Waals surface area contributed by atoms with Crippen LogP contribution < -0.4 is 4.74 Å². The molecular weight excluding hydrogens is 358 g/mol. The number of aryl methyl sites for hydroxylation is 2. The van der Waals surface area contributed by atoms with E-state index in [1.165, 1.54) is 0 Å². The maximum atomic E-state index is 12.2. The van der Waals surface area contributed by atoms with Crippen LogP contribution in [0.3, 0.4) is 0 Å². The first-order valence-electron chi connectivity index (χ1n) is 8.07. The number of hydrogen-bond acceptors (Lipinski definition) is 3. The SMILES string of the molecule is Cc1cc(OC2CCCN(C(=O)OC(C)(C)C)C2)cc(C)c1Br. The normalized spacial score (nSPS) is 18.7. The van der Waals surface area contributed by atoms with Gasteiger partial charge in [0.2, 0.25) is 0 Å². The van der Waals surface area contributed by atoms with Gasteiger partial charge >= 0.3 is 6.09 Å². The van der Waals surface area contributed by atoms with Crippen LogP contribution >= 0.6 is 15.9 Å². The van der Waals surface area contributed by atoms with Crippen LogP contribution in [0.5, 0.6) is 5.75 Å². The lowest BCUT2D eigenvalue weighted by atomic mass is 10.1. The van der Waals surface area contributed by atoms with Gasteiger partial charge in [-0.05, 0) is 70.7 Å². The molecule has 0 aliphatic carbocycles. The van der Waals surface area contributed by atoms with Gasteiger partial charge in [-0.25, -0.2) is 4.79 Å². The van der Waals surface area contributed by atoms with Crippen molar-refractivity contribution in [3.05, 3.63) is 27.7 Å². The van der Waals surface area contributed by atoms with E-state index in [0.29, 0.717) is 6.54 Å². The Balaban J connectivity index is 2.00. The average Bonchev–Trinajstić information content (AvgIpc) is 2.43. The van der Waals surface area contributed by atoms with Crippen molar-refractivity contribution >= 4 is 22.0 Å². The number of benzene rings is 1. The smallest absolute Gasteiger partial charge is 0.410 e. The minimum absolute atomic E-state index is 0.0104. The zero-order valence-corrected chi connectivity index (χ0v) is 16.2. The molecule has 1 unspecified atom stereocenters. The molecule has 1 aromatic rings. The van der Waals surface area contributed by atoms with Crippen molar-refractivity contribution in [1.29, 1.82) is 0 Å². The van der Waals surface area contributed by atoms with Gasteiger partial charge in [-0.3, -0.25) is 0 Å². The molecule has 0 aromatic heterocycles. The van der Waals surface area contributed by atoms with Gasteiger partial charge in [0.05, 0.1) is 6.54 Å². The van der Waals surface area contributed by atoms with Crippen LogP contribution in [0.25, 0.3) is 0 Å². The molecule has 0 radical (unpaired) electrons. The fourth-order valence-electron chi connectivity index (χ4n) is 2.69. The Morgan fingerprint density at radius 2 is 1.87 bits per heavy atom. The first kappa shape index (κ1) is 18.1. The first-order chi connectivity index (χ1) is 10.7. The highest BCUT2D eigenvalue weighted by Crippen LogP contribution is 2.28. The molecule has 0 spiro atoms. The highest BCUT2D eigenvalue weighted by atomic mass is 79.9. The number of nitrogens with zero attached hydrogens (tertiary/aromatic N) is 1. The zero-order chi connectivity index (χ0) is 17.2. The molecule has 4 nitrogen and oxygen atoms in total. The minimum atomic E-state index is -0.467. The summed E-state index contributed by atoms with van der Waals surface area (Å²) in [7, 11) is 0. The van der Waals surface area contributed by atoms with E-state index in [-0.39, 0.29) is 12.2 Å². The Morgan fingerprint density at radius 1 is 1.26 bits per heavy atom. The molecule has 1 aliphatic heterocycles. The molecule has 5 heteroatoms. The van der Waals surface area contributed by atoms with Crippen molar-refractivity contribution in [2.75, 3.05) is 13.1 Å². The number of piperidine rings is 1. The number of hydrogen-bond donors (Lipinski definition) is 0. The summed E-state index contributed by atoms with van der Waals surface area (Å²) in [4.78, 5) is 14.0. The van der Waals surface area contributed by atoms with Crippen molar-refractivity contribution < 1.29 is 14.3 Å². The summed E-state index contributed by atoms with van der Waals surface area (Å²) in [6.07, 6.45) is 1.64. The third-order valence-corrected chi connectivity index (χ3v) is 4.99. The van der Waals surface area contributed by atoms with Crippen LogP contribution in [-0.2, 0) is 4.74 Å². The van der Waals surface area contributed by atoms with Gasteiger partial charge in [-0.2, -0.15) is 0 Å². The second-order valence-electron chi connectivity index (χ2n) is 7.18. The van der Waals surface area contributed by atoms with E-state index in [2.05, 4.69) is 29.8 Å². The third-order valence-electron chi connectivity index (χ3n) is 3.74. The molecule has 1 aromatic carbocycles. The molecule has 1 amide bonds. The van der Waals surface area contributed by atoms with Crippen molar-refractivity contribution in [2.24, 2.45) is 0 Å². The van der Waals surface area contributed by atoms with Crippen LogP contribution in [0.1, 0.15) is 44.7 Å². The Labute approximate surface area is 147 Å². The first-order valence-corrected chi connectivity index (χ1v) is 8.86. The number of ether oxygens (including phenoxy) is 2. The summed E-state index contributed by atoms with van der Waals surface area (Å²) >= 11 is 3.57. The molecule has 1 atom stereocenters. The number of likely N-dealkylation sites (tertiary alicyclic amines) is 1. The summed E-state index contributed by atoms with van der Waals surface area (Å²) < 4.78 is 12.7. The van der Waals surface area contributed by atoms with Crippen LogP contribution in [0.2, 0.25) is 0 Å². The van der Waals surface area contributed by atoms with E-state index in [9.17, 15) is 4.79 Å². The number of rotatable bonds is 2. The van der Waals surface area contributed by atoms with Crippen LogP contribution in [0.4, 0.5) is 4.79 Å². The Kier molecular flexibility index (Phi) is 5.61. The van der Waals surface area contributed by atoms with Gasteiger partial charge in [0.1, 0.15) is 17.5 Å². The van der Waals surface area contributed by atoms with Crippen molar-refractivity contribution in [3.8, 4) is 5.75 Å². The predicted octanol–water partition coefficient (Wildman–Crippen LogP) is 4.84. The third kappa shape index (κ3) is 5.13. The summed E-state index contributed by atoms with van der Waals surface area (Å²) in [5.41, 5.74) is 1.84. The van der Waals surface area contributed by atoms with E-state index in [4.69, 9.17) is 9.47 Å². The molecule has 1 aliphatic rings. The van der Waals surface area contributed by atoms with Crippen LogP contribution in [-0.4, -0.2) is 35.8 Å². The topological polar surface area (TPSA) is 38.8 Å². The quantitative estimate of drug-likeness (QED) is 0.732. The summed E-state index contributed by atoms with van der Waals surface area (Å²) in [5.74, 6) is 0.860. The van der Waals surface area contributed by atoms with E-state index < -0.39 is 5.60 Å². The monoisotopic (exact) mass is 383 g/mol. The maximum absolute atomic E-state index is 12.2. The molecule has 0 bridgehead atoms. The van der Waals surface area contributed by atoms with Gasteiger partial charge in [0, 0.05) is 11.0 Å². The molecule has 1 saturated heterocycles. The molecule has 2 rings (SSSR count). The molecule has 23 heavy (non-hydrogen) atoms. The fourth-order valence-corrected chi connectivity index (χ4v) is 2.92. The average molecular weight is 384 g/mol. The van der Waals surface area contributed by atoms with E-state index in [1.807, 2.05) is 32.9 Å². The maximum Gasteiger partial charge on any atom is 0.410 e. The highest BCUT2D eigenvalue weighted by Gasteiger charge is 2.28. The second kappa shape index (κ2) is 7.12. The second-order valence-corrected chi connectivity index (χ2v) is 7.97. The number of carbonyl (C=O) groups is 1. The zero-order valence-electron chi connectivity index (χ0n) is 14.6. The van der Waals surface area contributed by atoms with Crippen LogP contribution in [0.15, 0.2) is 16.6 Å². The lowest BCUT2D eigenvalue weighted by Crippen LogP contribution is -2.46. The predicted molar refractivity (Wildman–Crippen MR) is 95.1 cm³/mol. The largest absolute Gasteiger partial charge is 0.489 e. The van der Waals surface area contributed by atoms with Gasteiger partial charge < -0.3 is 14.4 Å². The molecular formula is C18H26BrNO3. The van der Waals surface area contributed by atoms with E-state index >= 15 is 0 Å². The van der Waals surface area contributed by atoms with Gasteiger partial charge in [-0.1, -0.05) is 15.9 Å². The highest BCUT2D eigenvalue weighted by molar-refractivity contribution is 9.10. The molecule has 128 valence electrons. The fraction of sp³-hybridized carbons (Fsp3) is 0.611. The lowest BCUT2D eigenvalue weighted by molar-refractivity contribution is 0.00774. The Morgan fingerprint density at radius 3 is 2.43 bits per heavy atom.